The van der Waals surface area contributed by atoms with Crippen molar-refractivity contribution in [3.05, 3.63) is 0 Å². The van der Waals surface area contributed by atoms with Crippen LogP contribution in [0.4, 0.5) is 0 Å². The molecule has 1 aliphatic carbocycles. The summed E-state index contributed by atoms with van der Waals surface area (Å²) in [5.41, 5.74) is 5.43. The molecule has 0 radical (unpaired) electrons. The van der Waals surface area contributed by atoms with Crippen molar-refractivity contribution in [1.82, 2.24) is 5.32 Å². The molecule has 0 spiro atoms. The first-order chi connectivity index (χ1) is 9.14. The lowest BCUT2D eigenvalue weighted by molar-refractivity contribution is -0.130. The van der Waals surface area contributed by atoms with Gasteiger partial charge < -0.3 is 20.5 Å². The Bertz CT molecular complexity index is 301. The molecule has 2 fully saturated rings. The minimum Gasteiger partial charge on any atom is -0.381 e. The third-order valence-corrected chi connectivity index (χ3v) is 4.52. The molecule has 0 bridgehead atoms. The van der Waals surface area contributed by atoms with Gasteiger partial charge in [0.25, 0.3) is 0 Å². The van der Waals surface area contributed by atoms with Crippen molar-refractivity contribution in [2.45, 2.75) is 50.2 Å². The Labute approximate surface area is 127 Å². The number of hydrogen-bond acceptors (Lipinski definition) is 4. The van der Waals surface area contributed by atoms with Gasteiger partial charge in [0.05, 0.1) is 11.6 Å². The van der Waals surface area contributed by atoms with E-state index in [1.807, 2.05) is 0 Å². The molecule has 0 aromatic carbocycles. The molecule has 0 aromatic rings. The van der Waals surface area contributed by atoms with Gasteiger partial charge in [-0.3, -0.25) is 4.79 Å². The molecule has 2 aliphatic rings. The molecular weight excluding hydrogens is 280 g/mol. The highest BCUT2D eigenvalue weighted by molar-refractivity contribution is 5.86. The number of methoxy groups -OCH3 is 1. The first-order valence-corrected chi connectivity index (χ1v) is 7.32. The van der Waals surface area contributed by atoms with E-state index in [1.54, 1.807) is 7.11 Å². The van der Waals surface area contributed by atoms with E-state index >= 15 is 0 Å². The van der Waals surface area contributed by atoms with Crippen molar-refractivity contribution < 1.29 is 14.3 Å². The van der Waals surface area contributed by atoms with E-state index in [4.69, 9.17) is 15.2 Å². The van der Waals surface area contributed by atoms with Gasteiger partial charge in [0, 0.05) is 26.9 Å². The fourth-order valence-electron chi connectivity index (χ4n) is 2.95. The smallest absolute Gasteiger partial charge is 0.240 e. The Kier molecular flexibility index (Phi) is 7.23. The third-order valence-electron chi connectivity index (χ3n) is 4.52. The number of rotatable bonds is 4. The maximum Gasteiger partial charge on any atom is 0.240 e. The van der Waals surface area contributed by atoms with Gasteiger partial charge in [-0.2, -0.15) is 0 Å². The maximum absolute atomic E-state index is 12.2. The van der Waals surface area contributed by atoms with Crippen LogP contribution in [0.3, 0.4) is 0 Å². The third kappa shape index (κ3) is 4.58. The number of nitrogens with one attached hydrogen (secondary N) is 1. The molecule has 5 nitrogen and oxygen atoms in total. The van der Waals surface area contributed by atoms with Gasteiger partial charge in [0.1, 0.15) is 0 Å². The molecule has 0 unspecified atom stereocenters. The van der Waals surface area contributed by atoms with Crippen molar-refractivity contribution in [2.24, 2.45) is 11.7 Å². The van der Waals surface area contributed by atoms with E-state index in [2.05, 4.69) is 5.32 Å². The largest absolute Gasteiger partial charge is 0.381 e. The van der Waals surface area contributed by atoms with Crippen LogP contribution in [0.1, 0.15) is 38.5 Å². The van der Waals surface area contributed by atoms with Gasteiger partial charge in [-0.25, -0.2) is 0 Å². The van der Waals surface area contributed by atoms with Crippen LogP contribution in [-0.4, -0.2) is 44.4 Å². The summed E-state index contributed by atoms with van der Waals surface area (Å²) < 4.78 is 10.6. The first kappa shape index (κ1) is 17.7. The zero-order valence-corrected chi connectivity index (χ0v) is 13.0. The van der Waals surface area contributed by atoms with Crippen LogP contribution in [0, 0.1) is 5.92 Å². The lowest BCUT2D eigenvalue weighted by atomic mass is 9.86. The summed E-state index contributed by atoms with van der Waals surface area (Å²) in [4.78, 5) is 12.2. The fourth-order valence-corrected chi connectivity index (χ4v) is 2.95. The Morgan fingerprint density at radius 2 is 1.90 bits per heavy atom. The molecule has 1 amide bonds. The van der Waals surface area contributed by atoms with Gasteiger partial charge in [0.15, 0.2) is 0 Å². The highest BCUT2D eigenvalue weighted by Gasteiger charge is 2.36. The standard InChI is InChI=1S/C14H26N2O3.ClH/c1-18-12-4-2-11(3-5-12)10-16-13(17)14(15)6-8-19-9-7-14;/h11-12H,2-10,15H2,1H3,(H,16,17);1H. The predicted molar refractivity (Wildman–Crippen MR) is 80.0 cm³/mol. The van der Waals surface area contributed by atoms with Crippen molar-refractivity contribution >= 4 is 18.3 Å². The monoisotopic (exact) mass is 306 g/mol. The summed E-state index contributed by atoms with van der Waals surface area (Å²) in [6, 6.07) is 0. The van der Waals surface area contributed by atoms with E-state index in [0.717, 1.165) is 32.2 Å². The lowest BCUT2D eigenvalue weighted by Crippen LogP contribution is -2.57. The first-order valence-electron chi connectivity index (χ1n) is 7.32. The number of nitrogens with two attached hydrogens (primary N) is 1. The van der Waals surface area contributed by atoms with E-state index in [0.29, 0.717) is 38.1 Å². The fraction of sp³-hybridized carbons (Fsp3) is 0.929. The highest BCUT2D eigenvalue weighted by Crippen LogP contribution is 2.25. The van der Waals surface area contributed by atoms with Crippen LogP contribution >= 0.6 is 12.4 Å². The van der Waals surface area contributed by atoms with Crippen LogP contribution in [0.15, 0.2) is 0 Å². The molecule has 118 valence electrons. The number of hydrogen-bond donors (Lipinski definition) is 2. The van der Waals surface area contributed by atoms with Gasteiger partial charge in [-0.15, -0.1) is 12.4 Å². The van der Waals surface area contributed by atoms with E-state index in [1.165, 1.54) is 0 Å². The average molecular weight is 307 g/mol. The topological polar surface area (TPSA) is 73.6 Å². The molecule has 20 heavy (non-hydrogen) atoms. The second kappa shape index (κ2) is 8.17. The van der Waals surface area contributed by atoms with E-state index < -0.39 is 5.54 Å². The van der Waals surface area contributed by atoms with Crippen LogP contribution < -0.4 is 11.1 Å². The Hall–Kier alpha value is -0.360. The summed E-state index contributed by atoms with van der Waals surface area (Å²) in [7, 11) is 1.77. The zero-order chi connectivity index (χ0) is 13.7. The summed E-state index contributed by atoms with van der Waals surface area (Å²) in [5, 5.41) is 3.04. The number of carbonyl (C=O) groups excluding carboxylic acids is 1. The number of halogens is 1. The maximum atomic E-state index is 12.2. The number of amides is 1. The second-order valence-electron chi connectivity index (χ2n) is 5.86. The SMILES string of the molecule is COC1CCC(CNC(=O)C2(N)CCOCC2)CC1.Cl. The van der Waals surface area contributed by atoms with Crippen LogP contribution in [0.2, 0.25) is 0 Å². The Morgan fingerprint density at radius 1 is 1.30 bits per heavy atom. The quantitative estimate of drug-likeness (QED) is 0.819. The summed E-state index contributed by atoms with van der Waals surface area (Å²) in [5.74, 6) is 0.559. The molecule has 1 heterocycles. The number of ether oxygens (including phenoxy) is 2. The predicted octanol–water partition coefficient (Wildman–Crippen LogP) is 1.24. The van der Waals surface area contributed by atoms with E-state index in [9.17, 15) is 4.79 Å². The van der Waals surface area contributed by atoms with Crippen molar-refractivity contribution in [3.63, 3.8) is 0 Å². The van der Waals surface area contributed by atoms with Crippen molar-refractivity contribution in [3.8, 4) is 0 Å². The molecule has 1 aliphatic heterocycles. The van der Waals surface area contributed by atoms with E-state index in [-0.39, 0.29) is 18.3 Å². The normalized spacial score (nSPS) is 29.3. The summed E-state index contributed by atoms with van der Waals surface area (Å²) >= 11 is 0. The molecular formula is C14H27ClN2O3. The Morgan fingerprint density at radius 3 is 2.45 bits per heavy atom. The molecule has 6 heteroatoms. The van der Waals surface area contributed by atoms with Crippen LogP contribution in [0.25, 0.3) is 0 Å². The van der Waals surface area contributed by atoms with Gasteiger partial charge in [-0.05, 0) is 44.4 Å². The van der Waals surface area contributed by atoms with Crippen LogP contribution in [-0.2, 0) is 14.3 Å². The summed E-state index contributed by atoms with van der Waals surface area (Å²) in [6.45, 7) is 1.92. The van der Waals surface area contributed by atoms with Crippen molar-refractivity contribution in [1.29, 1.82) is 0 Å². The molecule has 1 saturated heterocycles. The minimum absolute atomic E-state index is 0. The molecule has 0 aromatic heterocycles. The molecule has 2 rings (SSSR count). The minimum atomic E-state index is -0.720. The van der Waals surface area contributed by atoms with Gasteiger partial charge in [-0.1, -0.05) is 0 Å². The van der Waals surface area contributed by atoms with Gasteiger partial charge >= 0.3 is 0 Å². The average Bonchev–Trinajstić information content (AvgIpc) is 2.46. The summed E-state index contributed by atoms with van der Waals surface area (Å²) in [6.07, 6.45) is 6.09. The second-order valence-corrected chi connectivity index (χ2v) is 5.86. The zero-order valence-electron chi connectivity index (χ0n) is 12.2. The van der Waals surface area contributed by atoms with Crippen LogP contribution in [0.5, 0.6) is 0 Å². The molecule has 0 atom stereocenters. The number of carbonyl (C=O) groups is 1. The van der Waals surface area contributed by atoms with Gasteiger partial charge in [0.2, 0.25) is 5.91 Å². The highest BCUT2D eigenvalue weighted by atomic mass is 35.5. The van der Waals surface area contributed by atoms with Crippen molar-refractivity contribution in [2.75, 3.05) is 26.9 Å². The lowest BCUT2D eigenvalue weighted by Gasteiger charge is -2.33. The molecule has 3 N–H and O–H groups in total. The molecule has 1 saturated carbocycles. The Balaban J connectivity index is 0.00000200.